The molecule has 0 saturated carbocycles. The second-order valence-electron chi connectivity index (χ2n) is 7.46. The van der Waals surface area contributed by atoms with E-state index in [4.69, 9.17) is 0 Å². The van der Waals surface area contributed by atoms with Crippen LogP contribution in [0.15, 0.2) is 83.8 Å². The number of amides is 2. The Hall–Kier alpha value is -3.49. The summed E-state index contributed by atoms with van der Waals surface area (Å²) in [6.45, 7) is 1.82. The summed E-state index contributed by atoms with van der Waals surface area (Å²) in [4.78, 5) is 25.2. The van der Waals surface area contributed by atoms with Crippen molar-refractivity contribution in [2.45, 2.75) is 17.9 Å². The number of carbonyl (C=O) groups excluding carboxylic acids is 2. The maximum Gasteiger partial charge on any atom is 0.255 e. The number of rotatable bonds is 7. The molecule has 1 atom stereocenters. The highest BCUT2D eigenvalue weighted by Crippen LogP contribution is 2.20. The molecule has 0 bridgehead atoms. The van der Waals surface area contributed by atoms with Crippen LogP contribution in [0.3, 0.4) is 0 Å². The molecule has 0 heterocycles. The average Bonchev–Trinajstić information content (AvgIpc) is 2.79. The van der Waals surface area contributed by atoms with Gasteiger partial charge in [0.2, 0.25) is 10.0 Å². The summed E-state index contributed by atoms with van der Waals surface area (Å²) in [7, 11) is -0.764. The first-order valence-electron chi connectivity index (χ1n) is 9.98. The van der Waals surface area contributed by atoms with E-state index < -0.39 is 15.9 Å². The summed E-state index contributed by atoms with van der Waals surface area (Å²) in [5.74, 6) is -0.620. The molecule has 2 amide bonds. The number of carbonyl (C=O) groups is 2. The smallest absolute Gasteiger partial charge is 0.255 e. The number of hydrogen-bond donors (Lipinski definition) is 2. The van der Waals surface area contributed by atoms with Gasteiger partial charge in [-0.3, -0.25) is 9.59 Å². The minimum absolute atomic E-state index is 0.0495. The van der Waals surface area contributed by atoms with Gasteiger partial charge in [0.05, 0.1) is 10.9 Å². The van der Waals surface area contributed by atoms with Gasteiger partial charge in [0.1, 0.15) is 0 Å². The van der Waals surface area contributed by atoms with Crippen LogP contribution in [0, 0.1) is 0 Å². The van der Waals surface area contributed by atoms with Crippen LogP contribution in [0.4, 0.5) is 5.69 Å². The lowest BCUT2D eigenvalue weighted by molar-refractivity contribution is 0.0938. The van der Waals surface area contributed by atoms with Gasteiger partial charge in [-0.2, -0.15) is 0 Å². The van der Waals surface area contributed by atoms with Gasteiger partial charge in [-0.25, -0.2) is 12.7 Å². The Morgan fingerprint density at radius 2 is 1.47 bits per heavy atom. The Morgan fingerprint density at radius 3 is 2.16 bits per heavy atom. The summed E-state index contributed by atoms with van der Waals surface area (Å²) < 4.78 is 25.8. The minimum atomic E-state index is -3.64. The third-order valence-corrected chi connectivity index (χ3v) is 6.71. The van der Waals surface area contributed by atoms with Crippen LogP contribution in [0.25, 0.3) is 0 Å². The molecule has 0 fully saturated rings. The van der Waals surface area contributed by atoms with Crippen LogP contribution >= 0.6 is 0 Å². The van der Waals surface area contributed by atoms with Crippen molar-refractivity contribution in [1.29, 1.82) is 0 Å². The lowest BCUT2D eigenvalue weighted by Gasteiger charge is -2.17. The first kappa shape index (κ1) is 23.2. The van der Waals surface area contributed by atoms with Crippen molar-refractivity contribution < 1.29 is 18.0 Å². The van der Waals surface area contributed by atoms with Crippen molar-refractivity contribution in [1.82, 2.24) is 9.62 Å². The molecule has 0 radical (unpaired) electrons. The van der Waals surface area contributed by atoms with Gasteiger partial charge in [-0.15, -0.1) is 0 Å². The topological polar surface area (TPSA) is 95.6 Å². The molecule has 2 N–H and O–H groups in total. The van der Waals surface area contributed by atoms with E-state index in [0.717, 1.165) is 9.87 Å². The van der Waals surface area contributed by atoms with Crippen molar-refractivity contribution in [3.63, 3.8) is 0 Å². The molecule has 0 saturated heterocycles. The van der Waals surface area contributed by atoms with Crippen LogP contribution in [0.1, 0.15) is 39.2 Å². The second kappa shape index (κ2) is 9.76. The summed E-state index contributed by atoms with van der Waals surface area (Å²) in [5.41, 5.74) is 2.19. The van der Waals surface area contributed by atoms with E-state index in [2.05, 4.69) is 10.6 Å². The first-order chi connectivity index (χ1) is 15.2. The predicted molar refractivity (Wildman–Crippen MR) is 124 cm³/mol. The first-order valence-corrected chi connectivity index (χ1v) is 11.4. The molecule has 3 rings (SSSR count). The SMILES string of the molecule is CC(NC(=O)c1cccc(S(=O)(=O)N(C)C)c1)c1cccc(NC(=O)c2ccccc2)c1. The van der Waals surface area contributed by atoms with E-state index in [-0.39, 0.29) is 22.4 Å². The second-order valence-corrected chi connectivity index (χ2v) is 9.61. The van der Waals surface area contributed by atoms with Crippen LogP contribution in [0.5, 0.6) is 0 Å². The average molecular weight is 452 g/mol. The van der Waals surface area contributed by atoms with E-state index in [9.17, 15) is 18.0 Å². The summed E-state index contributed by atoms with van der Waals surface area (Å²) >= 11 is 0. The van der Waals surface area contributed by atoms with Gasteiger partial charge in [-0.1, -0.05) is 36.4 Å². The quantitative estimate of drug-likeness (QED) is 0.573. The lowest BCUT2D eigenvalue weighted by atomic mass is 10.1. The molecule has 0 aliphatic rings. The van der Waals surface area contributed by atoms with Crippen molar-refractivity contribution in [3.05, 3.63) is 95.6 Å². The molecule has 3 aromatic rings. The zero-order valence-electron chi connectivity index (χ0n) is 18.1. The number of nitrogens with zero attached hydrogens (tertiary/aromatic N) is 1. The largest absolute Gasteiger partial charge is 0.346 e. The lowest BCUT2D eigenvalue weighted by Crippen LogP contribution is -2.27. The molecule has 0 aromatic heterocycles. The van der Waals surface area contributed by atoms with Crippen LogP contribution in [0.2, 0.25) is 0 Å². The molecule has 0 aliphatic heterocycles. The Kier molecular flexibility index (Phi) is 7.07. The van der Waals surface area contributed by atoms with Crippen LogP contribution < -0.4 is 10.6 Å². The van der Waals surface area contributed by atoms with Crippen molar-refractivity contribution in [3.8, 4) is 0 Å². The summed E-state index contributed by atoms with van der Waals surface area (Å²) in [5, 5.41) is 5.72. The molecule has 7 nitrogen and oxygen atoms in total. The third-order valence-electron chi connectivity index (χ3n) is 4.90. The zero-order chi connectivity index (χ0) is 23.3. The summed E-state index contributed by atoms with van der Waals surface area (Å²) in [6.07, 6.45) is 0. The van der Waals surface area contributed by atoms with Crippen molar-refractivity contribution in [2.24, 2.45) is 0 Å². The number of nitrogens with one attached hydrogen (secondary N) is 2. The molecule has 3 aromatic carbocycles. The number of sulfonamides is 1. The number of benzene rings is 3. The molecule has 166 valence electrons. The summed E-state index contributed by atoms with van der Waals surface area (Å²) in [6, 6.07) is 21.6. The molecular formula is C24H25N3O4S. The third kappa shape index (κ3) is 5.40. The van der Waals surface area contributed by atoms with E-state index in [0.29, 0.717) is 11.3 Å². The fourth-order valence-corrected chi connectivity index (χ4v) is 4.00. The fourth-order valence-electron chi connectivity index (χ4n) is 3.05. The van der Waals surface area contributed by atoms with Crippen LogP contribution in [-0.2, 0) is 10.0 Å². The van der Waals surface area contributed by atoms with Gasteiger partial charge < -0.3 is 10.6 Å². The van der Waals surface area contributed by atoms with Gasteiger partial charge in [0.25, 0.3) is 11.8 Å². The van der Waals surface area contributed by atoms with Crippen molar-refractivity contribution >= 4 is 27.5 Å². The Labute approximate surface area is 188 Å². The maximum atomic E-state index is 12.7. The van der Waals surface area contributed by atoms with Gasteiger partial charge in [0, 0.05) is 30.9 Å². The monoisotopic (exact) mass is 451 g/mol. The molecule has 32 heavy (non-hydrogen) atoms. The highest BCUT2D eigenvalue weighted by molar-refractivity contribution is 7.89. The van der Waals surface area contributed by atoms with E-state index in [1.165, 1.54) is 32.3 Å². The van der Waals surface area contributed by atoms with Gasteiger partial charge in [0.15, 0.2) is 0 Å². The minimum Gasteiger partial charge on any atom is -0.346 e. The molecule has 0 spiro atoms. The molecule has 8 heteroatoms. The molecular weight excluding hydrogens is 426 g/mol. The fraction of sp³-hybridized carbons (Fsp3) is 0.167. The van der Waals surface area contributed by atoms with E-state index in [1.807, 2.05) is 19.1 Å². The predicted octanol–water partition coefficient (Wildman–Crippen LogP) is 3.68. The normalized spacial score (nSPS) is 12.2. The van der Waals surface area contributed by atoms with Crippen molar-refractivity contribution in [2.75, 3.05) is 19.4 Å². The Morgan fingerprint density at radius 1 is 0.812 bits per heavy atom. The highest BCUT2D eigenvalue weighted by Gasteiger charge is 2.19. The number of anilines is 1. The number of hydrogen-bond acceptors (Lipinski definition) is 4. The van der Waals surface area contributed by atoms with E-state index in [1.54, 1.807) is 48.5 Å². The Bertz CT molecular complexity index is 1220. The molecule has 0 aliphatic carbocycles. The Balaban J connectivity index is 1.72. The van der Waals surface area contributed by atoms with E-state index >= 15 is 0 Å². The van der Waals surface area contributed by atoms with Gasteiger partial charge >= 0.3 is 0 Å². The highest BCUT2D eigenvalue weighted by atomic mass is 32.2. The standard InChI is InChI=1S/C24H25N3O4S/c1-17(25-24(29)20-12-8-14-22(16-20)32(30,31)27(2)3)19-11-7-13-21(15-19)26-23(28)18-9-5-4-6-10-18/h4-17H,1-3H3,(H,25,29)(H,26,28). The van der Waals surface area contributed by atoms with Gasteiger partial charge in [-0.05, 0) is 55.0 Å². The van der Waals surface area contributed by atoms with Crippen LogP contribution in [-0.4, -0.2) is 38.6 Å². The molecule has 1 unspecified atom stereocenters. The maximum absolute atomic E-state index is 12.7. The zero-order valence-corrected chi connectivity index (χ0v) is 18.9.